The largest absolute Gasteiger partial charge is 0.384 e. The highest BCUT2D eigenvalue weighted by atomic mass is 32.1. The third kappa shape index (κ3) is 8.29. The first-order valence-corrected chi connectivity index (χ1v) is 11.6. The number of hydrogen-bond donors (Lipinski definition) is 4. The van der Waals surface area contributed by atoms with Gasteiger partial charge in [0.05, 0.1) is 13.1 Å². The van der Waals surface area contributed by atoms with Crippen molar-refractivity contribution in [2.24, 2.45) is 5.73 Å². The zero-order chi connectivity index (χ0) is 22.8. The van der Waals surface area contributed by atoms with Gasteiger partial charge in [-0.1, -0.05) is 6.42 Å². The van der Waals surface area contributed by atoms with Crippen LogP contribution in [0.5, 0.6) is 0 Å². The van der Waals surface area contributed by atoms with Crippen LogP contribution in [0.25, 0.3) is 0 Å². The van der Waals surface area contributed by atoms with E-state index in [0.29, 0.717) is 31.5 Å². The molecule has 3 amide bonds. The minimum atomic E-state index is -0.511. The monoisotopic (exact) mass is 450 g/mol. The van der Waals surface area contributed by atoms with E-state index < -0.39 is 6.04 Å². The predicted molar refractivity (Wildman–Crippen MR) is 122 cm³/mol. The topological polar surface area (TPSA) is 132 Å². The molecule has 1 unspecified atom stereocenters. The summed E-state index contributed by atoms with van der Waals surface area (Å²) in [5.74, 6) is -0.557. The molecule has 1 atom stereocenters. The van der Waals surface area contributed by atoms with E-state index in [4.69, 9.17) is 11.1 Å². The molecule has 172 valence electrons. The molecule has 0 spiro atoms. The molecule has 1 aliphatic rings. The lowest BCUT2D eigenvalue weighted by Crippen LogP contribution is -2.48. The molecule has 1 fully saturated rings. The highest BCUT2D eigenvalue weighted by Crippen LogP contribution is 2.18. The van der Waals surface area contributed by atoms with Crippen LogP contribution in [0.4, 0.5) is 0 Å². The Morgan fingerprint density at radius 2 is 2.03 bits per heavy atom. The van der Waals surface area contributed by atoms with Crippen molar-refractivity contribution in [3.8, 4) is 0 Å². The molecule has 1 aromatic rings. The Kier molecular flexibility index (Phi) is 9.93. The van der Waals surface area contributed by atoms with Crippen LogP contribution in [-0.2, 0) is 20.9 Å². The van der Waals surface area contributed by atoms with Gasteiger partial charge in [-0.25, -0.2) is 0 Å². The number of unbranched alkanes of at least 4 members (excludes halogenated alkanes) is 2. The molecule has 1 aliphatic heterocycles. The Hall–Kier alpha value is -2.46. The molecule has 0 aliphatic carbocycles. The molecule has 0 aromatic carbocycles. The van der Waals surface area contributed by atoms with Gasteiger partial charge in [0.1, 0.15) is 11.9 Å². The number of thiophene rings is 1. The smallest absolute Gasteiger partial charge is 0.243 e. The second kappa shape index (κ2) is 12.4. The van der Waals surface area contributed by atoms with Gasteiger partial charge < -0.3 is 26.2 Å². The number of rotatable bonds is 12. The Balaban J connectivity index is 1.72. The number of hydrogen-bond acceptors (Lipinski definition) is 6. The molecule has 10 heteroatoms. The van der Waals surface area contributed by atoms with Gasteiger partial charge in [-0.2, -0.15) is 0 Å². The van der Waals surface area contributed by atoms with Crippen molar-refractivity contribution in [2.45, 2.75) is 51.1 Å². The molecular weight excluding hydrogens is 416 g/mol. The number of likely N-dealkylation sites (tertiary alicyclic amines) is 1. The fraction of sp³-hybridized carbons (Fsp3) is 0.619. The van der Waals surface area contributed by atoms with Gasteiger partial charge >= 0.3 is 0 Å². The summed E-state index contributed by atoms with van der Waals surface area (Å²) in [5.41, 5.74) is 6.10. The van der Waals surface area contributed by atoms with E-state index in [9.17, 15) is 14.4 Å². The van der Waals surface area contributed by atoms with Crippen LogP contribution < -0.4 is 16.4 Å². The minimum absolute atomic E-state index is 0.00278. The van der Waals surface area contributed by atoms with E-state index in [1.807, 2.05) is 14.1 Å². The number of carbonyl (C=O) groups is 3. The molecule has 0 bridgehead atoms. The van der Waals surface area contributed by atoms with Crippen molar-refractivity contribution in [2.75, 3.05) is 33.7 Å². The molecule has 1 aromatic heterocycles. The summed E-state index contributed by atoms with van der Waals surface area (Å²) in [6.07, 6.45) is 4.61. The number of nitrogens with two attached hydrogens (primary N) is 1. The van der Waals surface area contributed by atoms with E-state index in [1.54, 1.807) is 16.3 Å². The Bertz CT molecular complexity index is 779. The number of nitrogens with zero attached hydrogens (tertiary/aromatic N) is 2. The van der Waals surface area contributed by atoms with Crippen molar-refractivity contribution in [1.82, 2.24) is 20.4 Å². The maximum absolute atomic E-state index is 12.6. The number of nitrogens with one attached hydrogen (secondary N) is 3. The van der Waals surface area contributed by atoms with E-state index in [0.717, 1.165) is 37.1 Å². The lowest BCUT2D eigenvalue weighted by Gasteiger charge is -2.24. The van der Waals surface area contributed by atoms with Crippen molar-refractivity contribution in [3.05, 3.63) is 21.9 Å². The summed E-state index contributed by atoms with van der Waals surface area (Å²) >= 11 is 1.43. The normalized spacial score (nSPS) is 15.8. The van der Waals surface area contributed by atoms with Gasteiger partial charge in [0.15, 0.2) is 0 Å². The van der Waals surface area contributed by atoms with Crippen molar-refractivity contribution in [1.29, 1.82) is 5.41 Å². The molecule has 5 N–H and O–H groups in total. The minimum Gasteiger partial charge on any atom is -0.384 e. The van der Waals surface area contributed by atoms with Crippen LogP contribution in [0.15, 0.2) is 11.4 Å². The molecule has 2 heterocycles. The average Bonchev–Trinajstić information content (AvgIpc) is 3.39. The Labute approximate surface area is 187 Å². The third-order valence-corrected chi connectivity index (χ3v) is 6.16. The van der Waals surface area contributed by atoms with E-state index >= 15 is 0 Å². The van der Waals surface area contributed by atoms with E-state index in [-0.39, 0.29) is 30.1 Å². The van der Waals surface area contributed by atoms with Crippen LogP contribution in [0, 0.1) is 5.41 Å². The summed E-state index contributed by atoms with van der Waals surface area (Å²) in [6.45, 7) is 1.78. The zero-order valence-electron chi connectivity index (χ0n) is 18.4. The summed E-state index contributed by atoms with van der Waals surface area (Å²) < 4.78 is 0. The molecular formula is C21H34N6O3S. The zero-order valence-corrected chi connectivity index (χ0v) is 19.2. The van der Waals surface area contributed by atoms with Crippen LogP contribution in [0.2, 0.25) is 0 Å². The molecule has 9 nitrogen and oxygen atoms in total. The highest BCUT2D eigenvalue weighted by Gasteiger charge is 2.33. The van der Waals surface area contributed by atoms with Crippen molar-refractivity contribution >= 4 is 34.9 Å². The van der Waals surface area contributed by atoms with Gasteiger partial charge in [-0.15, -0.1) is 11.3 Å². The second-order valence-electron chi connectivity index (χ2n) is 8.07. The number of amides is 3. The molecule has 1 saturated heterocycles. The summed E-state index contributed by atoms with van der Waals surface area (Å²) in [6, 6.07) is 1.27. The number of amidine groups is 1. The molecule has 31 heavy (non-hydrogen) atoms. The number of nitrogen functional groups attached to an aromatic ring is 1. The molecule has 2 rings (SSSR count). The second-order valence-corrected chi connectivity index (χ2v) is 9.06. The number of carbonyl (C=O) groups excluding carboxylic acids is 3. The van der Waals surface area contributed by atoms with Gasteiger partial charge in [-0.3, -0.25) is 19.8 Å². The first-order chi connectivity index (χ1) is 14.8. The average molecular weight is 451 g/mol. The van der Waals surface area contributed by atoms with Crippen LogP contribution in [0.1, 0.15) is 49.0 Å². The quantitative estimate of drug-likeness (QED) is 0.213. The first-order valence-electron chi connectivity index (χ1n) is 10.7. The van der Waals surface area contributed by atoms with E-state index in [2.05, 4.69) is 15.5 Å². The van der Waals surface area contributed by atoms with Crippen LogP contribution >= 0.6 is 11.3 Å². The van der Waals surface area contributed by atoms with Crippen LogP contribution in [0.3, 0.4) is 0 Å². The fourth-order valence-corrected chi connectivity index (χ4v) is 4.32. The molecule has 0 saturated carbocycles. The Morgan fingerprint density at radius 3 is 2.71 bits per heavy atom. The van der Waals surface area contributed by atoms with Gasteiger partial charge in [0, 0.05) is 28.8 Å². The fourth-order valence-electron chi connectivity index (χ4n) is 3.50. The third-order valence-electron chi connectivity index (χ3n) is 5.22. The summed E-state index contributed by atoms with van der Waals surface area (Å²) in [7, 11) is 4.05. The van der Waals surface area contributed by atoms with Gasteiger partial charge in [0.2, 0.25) is 17.7 Å². The first kappa shape index (κ1) is 24.8. The van der Waals surface area contributed by atoms with Crippen molar-refractivity contribution < 1.29 is 14.4 Å². The summed E-state index contributed by atoms with van der Waals surface area (Å²) in [5, 5.41) is 14.8. The van der Waals surface area contributed by atoms with E-state index in [1.165, 1.54) is 11.3 Å². The maximum Gasteiger partial charge on any atom is 0.243 e. The lowest BCUT2D eigenvalue weighted by atomic mass is 10.2. The summed E-state index contributed by atoms with van der Waals surface area (Å²) in [4.78, 5) is 41.7. The standard InChI is InChI=1S/C21H34N6O3S/c1-26(2)9-5-3-4-8-18(28)24-13-19(29)27-10-6-7-17(27)21(30)25-12-16-11-15(14-31-16)20(22)23/h11,14,17H,3-10,12-13H2,1-2H3,(H3,22,23)(H,24,28)(H,25,30). The van der Waals surface area contributed by atoms with Crippen LogP contribution in [-0.4, -0.2) is 73.1 Å². The Morgan fingerprint density at radius 1 is 1.26 bits per heavy atom. The lowest BCUT2D eigenvalue weighted by molar-refractivity contribution is -0.138. The predicted octanol–water partition coefficient (Wildman–Crippen LogP) is 0.878. The SMILES string of the molecule is CN(C)CCCCCC(=O)NCC(=O)N1CCCC1C(=O)NCc1cc(C(=N)N)cs1. The highest BCUT2D eigenvalue weighted by molar-refractivity contribution is 7.10. The van der Waals surface area contributed by atoms with Crippen molar-refractivity contribution in [3.63, 3.8) is 0 Å². The molecule has 0 radical (unpaired) electrons. The van der Waals surface area contributed by atoms with Gasteiger partial charge in [-0.05, 0) is 52.4 Å². The van der Waals surface area contributed by atoms with Gasteiger partial charge in [0.25, 0.3) is 0 Å². The maximum atomic E-state index is 12.6.